The highest BCUT2D eigenvalue weighted by atomic mass is 15.3. The molecule has 1 aromatic rings. The van der Waals surface area contributed by atoms with Gasteiger partial charge in [-0.05, 0) is 45.8 Å². The van der Waals surface area contributed by atoms with E-state index in [4.69, 9.17) is 0 Å². The summed E-state index contributed by atoms with van der Waals surface area (Å²) in [5.74, 6) is 0. The quantitative estimate of drug-likeness (QED) is 0.836. The van der Waals surface area contributed by atoms with Crippen molar-refractivity contribution in [2.75, 3.05) is 19.6 Å². The molecule has 102 valence electrons. The predicted molar refractivity (Wildman–Crippen MR) is 74.5 cm³/mol. The molecule has 4 heteroatoms. The second-order valence-electron chi connectivity index (χ2n) is 5.21. The van der Waals surface area contributed by atoms with E-state index in [2.05, 4.69) is 39.9 Å². The normalized spacial score (nSPS) is 19.0. The number of likely N-dealkylation sites (tertiary alicyclic amines) is 1. The first-order valence-electron chi connectivity index (χ1n) is 7.26. The van der Waals surface area contributed by atoms with E-state index in [-0.39, 0.29) is 0 Å². The smallest absolute Gasteiger partial charge is 0.0521 e. The zero-order valence-corrected chi connectivity index (χ0v) is 11.7. The number of hydrogen-bond donors (Lipinski definition) is 1. The number of hydrogen-bond acceptors (Lipinski definition) is 3. The van der Waals surface area contributed by atoms with Gasteiger partial charge in [-0.15, -0.1) is 0 Å². The highest BCUT2D eigenvalue weighted by Gasteiger charge is 2.16. The molecule has 1 N–H and O–H groups in total. The zero-order chi connectivity index (χ0) is 12.8. The molecule has 1 aliphatic rings. The fraction of sp³-hybridized carbons (Fsp3) is 0.786. The van der Waals surface area contributed by atoms with Gasteiger partial charge in [0.25, 0.3) is 0 Å². The third-order valence-corrected chi connectivity index (χ3v) is 3.86. The molecular weight excluding hydrogens is 224 g/mol. The first kappa shape index (κ1) is 13.6. The van der Waals surface area contributed by atoms with Crippen LogP contribution in [0.4, 0.5) is 0 Å². The molecule has 18 heavy (non-hydrogen) atoms. The molecule has 4 nitrogen and oxygen atoms in total. The van der Waals surface area contributed by atoms with E-state index in [0.29, 0.717) is 6.04 Å². The maximum Gasteiger partial charge on any atom is 0.0521 e. The Morgan fingerprint density at radius 1 is 1.33 bits per heavy atom. The van der Waals surface area contributed by atoms with Crippen molar-refractivity contribution in [3.63, 3.8) is 0 Å². The minimum Gasteiger partial charge on any atom is -0.310 e. The summed E-state index contributed by atoms with van der Waals surface area (Å²) in [6.45, 7) is 9.94. The molecule has 1 atom stereocenters. The van der Waals surface area contributed by atoms with Crippen LogP contribution in [-0.4, -0.2) is 40.4 Å². The minimum atomic E-state index is 0.642. The van der Waals surface area contributed by atoms with E-state index >= 15 is 0 Å². The van der Waals surface area contributed by atoms with Crippen molar-refractivity contribution >= 4 is 0 Å². The Balaban J connectivity index is 1.71. The SMILES string of the molecule is CCn1nccc1CNCC(C)N1CCCCC1. The van der Waals surface area contributed by atoms with Crippen molar-refractivity contribution in [3.05, 3.63) is 18.0 Å². The molecule has 1 aromatic heterocycles. The van der Waals surface area contributed by atoms with Crippen molar-refractivity contribution in [2.45, 2.75) is 52.2 Å². The molecule has 1 saturated heterocycles. The third kappa shape index (κ3) is 3.56. The largest absolute Gasteiger partial charge is 0.310 e. The monoisotopic (exact) mass is 250 g/mol. The van der Waals surface area contributed by atoms with Gasteiger partial charge >= 0.3 is 0 Å². The van der Waals surface area contributed by atoms with E-state index in [0.717, 1.165) is 19.6 Å². The Labute approximate surface area is 110 Å². The molecule has 2 rings (SSSR count). The Morgan fingerprint density at radius 3 is 2.83 bits per heavy atom. The van der Waals surface area contributed by atoms with Crippen LogP contribution in [0.15, 0.2) is 12.3 Å². The summed E-state index contributed by atoms with van der Waals surface area (Å²) >= 11 is 0. The third-order valence-electron chi connectivity index (χ3n) is 3.86. The zero-order valence-electron chi connectivity index (χ0n) is 11.7. The lowest BCUT2D eigenvalue weighted by Crippen LogP contribution is -2.43. The molecule has 0 aliphatic carbocycles. The van der Waals surface area contributed by atoms with Gasteiger partial charge in [-0.25, -0.2) is 0 Å². The van der Waals surface area contributed by atoms with Crippen molar-refractivity contribution in [1.82, 2.24) is 20.0 Å². The number of nitrogens with zero attached hydrogens (tertiary/aromatic N) is 3. The molecule has 2 heterocycles. The summed E-state index contributed by atoms with van der Waals surface area (Å²) in [4.78, 5) is 2.60. The summed E-state index contributed by atoms with van der Waals surface area (Å²) in [6.07, 6.45) is 6.03. The Morgan fingerprint density at radius 2 is 2.11 bits per heavy atom. The molecule has 0 aromatic carbocycles. The Kier molecular flexibility index (Phi) is 5.20. The van der Waals surface area contributed by atoms with Gasteiger partial charge in [0.2, 0.25) is 0 Å². The molecule has 0 bridgehead atoms. The number of rotatable bonds is 6. The van der Waals surface area contributed by atoms with Gasteiger partial charge in [0, 0.05) is 31.9 Å². The topological polar surface area (TPSA) is 33.1 Å². The number of aromatic nitrogens is 2. The average Bonchev–Trinajstić information content (AvgIpc) is 2.87. The van der Waals surface area contributed by atoms with Crippen LogP contribution in [0, 0.1) is 0 Å². The molecule has 1 fully saturated rings. The van der Waals surface area contributed by atoms with Crippen LogP contribution >= 0.6 is 0 Å². The Hall–Kier alpha value is -0.870. The number of nitrogens with one attached hydrogen (secondary N) is 1. The van der Waals surface area contributed by atoms with Crippen molar-refractivity contribution in [1.29, 1.82) is 0 Å². The highest BCUT2D eigenvalue weighted by molar-refractivity contribution is 4.99. The van der Waals surface area contributed by atoms with Gasteiger partial charge in [0.05, 0.1) is 5.69 Å². The van der Waals surface area contributed by atoms with Crippen LogP contribution in [0.3, 0.4) is 0 Å². The van der Waals surface area contributed by atoms with Gasteiger partial charge in [-0.2, -0.15) is 5.10 Å². The summed E-state index contributed by atoms with van der Waals surface area (Å²) < 4.78 is 2.05. The maximum atomic E-state index is 4.29. The molecule has 1 aliphatic heterocycles. The summed E-state index contributed by atoms with van der Waals surface area (Å²) in [5, 5.41) is 7.85. The fourth-order valence-electron chi connectivity index (χ4n) is 2.69. The van der Waals surface area contributed by atoms with Crippen LogP contribution in [0.25, 0.3) is 0 Å². The lowest BCUT2D eigenvalue weighted by atomic mass is 10.1. The lowest BCUT2D eigenvalue weighted by Gasteiger charge is -2.32. The van der Waals surface area contributed by atoms with Gasteiger partial charge < -0.3 is 5.32 Å². The van der Waals surface area contributed by atoms with E-state index in [9.17, 15) is 0 Å². The molecule has 0 radical (unpaired) electrons. The second kappa shape index (κ2) is 6.90. The van der Waals surface area contributed by atoms with Gasteiger partial charge in [0.1, 0.15) is 0 Å². The number of piperidine rings is 1. The first-order valence-corrected chi connectivity index (χ1v) is 7.26. The average molecular weight is 250 g/mol. The van der Waals surface area contributed by atoms with Crippen LogP contribution in [0.5, 0.6) is 0 Å². The van der Waals surface area contributed by atoms with Crippen LogP contribution in [0.1, 0.15) is 38.8 Å². The van der Waals surface area contributed by atoms with Crippen molar-refractivity contribution in [2.24, 2.45) is 0 Å². The van der Waals surface area contributed by atoms with E-state index in [1.807, 2.05) is 6.20 Å². The molecule has 0 saturated carbocycles. The summed E-state index contributed by atoms with van der Waals surface area (Å²) in [5.41, 5.74) is 1.28. The standard InChI is InChI=1S/C14H26N4/c1-3-18-14(7-8-16-18)12-15-11-13(2)17-9-5-4-6-10-17/h7-8,13,15H,3-6,9-12H2,1-2H3. The highest BCUT2D eigenvalue weighted by Crippen LogP contribution is 2.11. The lowest BCUT2D eigenvalue weighted by molar-refractivity contribution is 0.170. The molecular formula is C14H26N4. The van der Waals surface area contributed by atoms with Crippen molar-refractivity contribution in [3.8, 4) is 0 Å². The van der Waals surface area contributed by atoms with Gasteiger partial charge in [0.15, 0.2) is 0 Å². The van der Waals surface area contributed by atoms with Crippen LogP contribution < -0.4 is 5.32 Å². The number of aryl methyl sites for hydroxylation is 1. The first-order chi connectivity index (χ1) is 8.81. The Bertz CT molecular complexity index is 341. The van der Waals surface area contributed by atoms with E-state index in [1.54, 1.807) is 0 Å². The fourth-order valence-corrected chi connectivity index (χ4v) is 2.69. The molecule has 0 spiro atoms. The van der Waals surface area contributed by atoms with Gasteiger partial charge in [-0.3, -0.25) is 9.58 Å². The maximum absolute atomic E-state index is 4.29. The second-order valence-corrected chi connectivity index (χ2v) is 5.21. The molecule has 0 amide bonds. The minimum absolute atomic E-state index is 0.642. The van der Waals surface area contributed by atoms with E-state index in [1.165, 1.54) is 38.0 Å². The van der Waals surface area contributed by atoms with Crippen LogP contribution in [-0.2, 0) is 13.1 Å². The summed E-state index contributed by atoms with van der Waals surface area (Å²) in [7, 11) is 0. The predicted octanol–water partition coefficient (Wildman–Crippen LogP) is 1.87. The van der Waals surface area contributed by atoms with Gasteiger partial charge in [-0.1, -0.05) is 6.42 Å². The van der Waals surface area contributed by atoms with E-state index < -0.39 is 0 Å². The molecule has 1 unspecified atom stereocenters. The van der Waals surface area contributed by atoms with Crippen molar-refractivity contribution < 1.29 is 0 Å². The van der Waals surface area contributed by atoms with Crippen LogP contribution in [0.2, 0.25) is 0 Å². The summed E-state index contributed by atoms with van der Waals surface area (Å²) in [6, 6.07) is 2.74.